The second kappa shape index (κ2) is 15.3. The zero-order valence-electron chi connectivity index (χ0n) is 25.5. The first-order valence-corrected chi connectivity index (χ1v) is 17.3. The number of phenolic OH excluding ortho intramolecular Hbond substituents is 1. The van der Waals surface area contributed by atoms with Crippen LogP contribution in [-0.2, 0) is 26.3 Å². The van der Waals surface area contributed by atoms with Crippen LogP contribution < -0.4 is 10.2 Å². The van der Waals surface area contributed by atoms with E-state index in [0.717, 1.165) is 0 Å². The van der Waals surface area contributed by atoms with Gasteiger partial charge in [-0.25, -0.2) is 18.6 Å². The van der Waals surface area contributed by atoms with Crippen LogP contribution in [0.2, 0.25) is 10.0 Å². The van der Waals surface area contributed by atoms with E-state index in [1.54, 1.807) is 12.1 Å². The number of fused-ring (bicyclic) bond motifs is 1. The van der Waals surface area contributed by atoms with Gasteiger partial charge in [0.05, 0.1) is 18.6 Å². The molecule has 3 aromatic carbocycles. The Balaban J connectivity index is 1.58. The average molecular weight is 731 g/mol. The number of azide groups is 1. The van der Waals surface area contributed by atoms with Gasteiger partial charge >= 0.3 is 5.91 Å². The van der Waals surface area contributed by atoms with Gasteiger partial charge in [-0.3, -0.25) is 19.2 Å². The summed E-state index contributed by atoms with van der Waals surface area (Å²) in [4.78, 5) is 60.6. The van der Waals surface area contributed by atoms with E-state index in [1.165, 1.54) is 53.4 Å². The maximum absolute atomic E-state index is 14.5. The summed E-state index contributed by atoms with van der Waals surface area (Å²) in [6, 6.07) is 11.7. The summed E-state index contributed by atoms with van der Waals surface area (Å²) >= 11 is 13.0. The van der Waals surface area contributed by atoms with Gasteiger partial charge in [-0.1, -0.05) is 59.4 Å². The molecule has 1 heterocycles. The number of benzene rings is 3. The molecule has 3 amide bonds. The van der Waals surface area contributed by atoms with Crippen molar-refractivity contribution >= 4 is 50.9 Å². The number of aromatic hydroxyl groups is 1. The highest BCUT2D eigenvalue weighted by atomic mass is 35.5. The third kappa shape index (κ3) is 8.02. The number of hydrogen-bond donors (Lipinski definition) is 3. The summed E-state index contributed by atoms with van der Waals surface area (Å²) < 4.78 is 28.3. The van der Waals surface area contributed by atoms with Crippen LogP contribution >= 0.6 is 23.2 Å². The second-order valence-electron chi connectivity index (χ2n) is 11.5. The molecule has 0 radical (unpaired) electrons. The first kappa shape index (κ1) is 35.7. The topological polar surface area (TPSA) is 220 Å². The van der Waals surface area contributed by atoms with E-state index >= 15 is 0 Å². The molecule has 1 fully saturated rings. The molecule has 15 nitrogen and oxygen atoms in total. The van der Waals surface area contributed by atoms with Crippen molar-refractivity contribution in [3.05, 3.63) is 114 Å². The fraction of sp³-hybridized carbons (Fsp3) is 0.323. The van der Waals surface area contributed by atoms with Crippen molar-refractivity contribution in [2.45, 2.75) is 56.3 Å². The monoisotopic (exact) mass is 729 g/mol. The summed E-state index contributed by atoms with van der Waals surface area (Å²) in [6.07, 6.45) is 1.96. The molecule has 18 heteroatoms. The van der Waals surface area contributed by atoms with Gasteiger partial charge in [-0.15, -0.1) is 4.91 Å². The average Bonchev–Trinajstić information content (AvgIpc) is 3.07. The largest absolute Gasteiger partial charge is 0.508 e. The van der Waals surface area contributed by atoms with E-state index in [9.17, 15) is 32.8 Å². The predicted octanol–water partition coefficient (Wildman–Crippen LogP) is 5.63. The van der Waals surface area contributed by atoms with Crippen molar-refractivity contribution in [1.29, 1.82) is 0 Å². The number of amides is 3. The Morgan fingerprint density at radius 2 is 1.84 bits per heavy atom. The molecule has 3 N–H and O–H groups in total. The van der Waals surface area contributed by atoms with Gasteiger partial charge in [-0.2, -0.15) is 0 Å². The first-order chi connectivity index (χ1) is 23.4. The number of nitrogens with zero attached hydrogens (tertiary/aromatic N) is 5. The lowest BCUT2D eigenvalue weighted by molar-refractivity contribution is -0.138. The van der Waals surface area contributed by atoms with Crippen LogP contribution in [0, 0.1) is 4.91 Å². The van der Waals surface area contributed by atoms with E-state index in [-0.39, 0.29) is 39.1 Å². The number of rotatable bonds is 11. The lowest BCUT2D eigenvalue weighted by Crippen LogP contribution is -2.59. The Bertz CT molecular complexity index is 1960. The Hall–Kier alpha value is -4.57. The molecule has 0 spiro atoms. The molecule has 0 unspecified atom stereocenters. The van der Waals surface area contributed by atoms with Crippen molar-refractivity contribution in [3.63, 3.8) is 0 Å². The number of halogens is 2. The Morgan fingerprint density at radius 3 is 2.57 bits per heavy atom. The first-order valence-electron chi connectivity index (χ1n) is 14.9. The number of carbonyl (C=O) groups is 3. The number of phenols is 1. The molecule has 2 aliphatic rings. The number of carbonyl (C=O) groups excluding carboxylic acids is 3. The molecule has 1 saturated carbocycles. The molecule has 0 bridgehead atoms. The third-order valence-corrected chi connectivity index (χ3v) is 10.1. The van der Waals surface area contributed by atoms with E-state index in [2.05, 4.69) is 25.4 Å². The minimum absolute atomic E-state index is 0.0304. The van der Waals surface area contributed by atoms with Crippen LogP contribution in [-0.4, -0.2) is 54.1 Å². The molecular formula is C31H29Cl2N7O8S. The Morgan fingerprint density at radius 1 is 1.06 bits per heavy atom. The summed E-state index contributed by atoms with van der Waals surface area (Å²) in [5, 5.41) is 16.5. The highest BCUT2D eigenvalue weighted by Crippen LogP contribution is 2.48. The van der Waals surface area contributed by atoms with Gasteiger partial charge in [0.25, 0.3) is 11.8 Å². The van der Waals surface area contributed by atoms with Crippen molar-refractivity contribution in [2.24, 2.45) is 10.3 Å². The predicted molar refractivity (Wildman–Crippen MR) is 178 cm³/mol. The Labute approximate surface area is 290 Å². The van der Waals surface area contributed by atoms with Crippen molar-refractivity contribution < 1.29 is 32.7 Å². The normalized spacial score (nSPS) is 20.5. The molecule has 1 aliphatic heterocycles. The van der Waals surface area contributed by atoms with Gasteiger partial charge in [0.1, 0.15) is 11.6 Å². The van der Waals surface area contributed by atoms with Gasteiger partial charge in [0.15, 0.2) is 0 Å². The molecule has 0 aromatic heterocycles. The fourth-order valence-electron chi connectivity index (χ4n) is 6.36. The highest BCUT2D eigenvalue weighted by Gasteiger charge is 2.50. The van der Waals surface area contributed by atoms with Crippen LogP contribution in [0.25, 0.3) is 10.4 Å². The van der Waals surface area contributed by atoms with E-state index in [1.807, 2.05) is 0 Å². The van der Waals surface area contributed by atoms with E-state index in [4.69, 9.17) is 33.6 Å². The van der Waals surface area contributed by atoms with Crippen LogP contribution in [0.15, 0.2) is 71.0 Å². The lowest BCUT2D eigenvalue weighted by Gasteiger charge is -2.49. The Kier molecular flexibility index (Phi) is 11.2. The van der Waals surface area contributed by atoms with Crippen LogP contribution in [0.4, 0.5) is 0 Å². The lowest BCUT2D eigenvalue weighted by atomic mass is 9.76. The quantitative estimate of drug-likeness (QED) is 0.0736. The highest BCUT2D eigenvalue weighted by molar-refractivity contribution is 7.89. The van der Waals surface area contributed by atoms with Crippen LogP contribution in [0.1, 0.15) is 75.0 Å². The molecule has 4 atom stereocenters. The van der Waals surface area contributed by atoms with Crippen molar-refractivity contribution in [2.75, 3.05) is 5.88 Å². The number of hydrogen-bond acceptors (Lipinski definition) is 9. The minimum Gasteiger partial charge on any atom is -0.508 e. The SMILES string of the molecule is [N-]=[N+]=NCS(=O)(=O)N[C@H]1CCCC[C@@H]1N1C(=O)c2ccc(O)cc2[C@@H](C(=O)NOCc2cccc(C(=O)N=O)c2)[C@@H]1c1ccc(Cl)cc1Cl. The molecule has 1 aliphatic carbocycles. The molecule has 5 rings (SSSR count). The molecule has 49 heavy (non-hydrogen) atoms. The summed E-state index contributed by atoms with van der Waals surface area (Å²) in [7, 11) is -4.10. The molecular weight excluding hydrogens is 701 g/mol. The zero-order valence-corrected chi connectivity index (χ0v) is 27.9. The second-order valence-corrected chi connectivity index (χ2v) is 14.0. The third-order valence-electron chi connectivity index (χ3n) is 8.39. The summed E-state index contributed by atoms with van der Waals surface area (Å²) in [5.74, 6) is -4.57. The number of nitrogens with one attached hydrogen (secondary N) is 2. The molecule has 0 saturated heterocycles. The van der Waals surface area contributed by atoms with Gasteiger partial charge in [-0.05, 0) is 77.5 Å². The number of hydroxylamine groups is 1. The van der Waals surface area contributed by atoms with Crippen molar-refractivity contribution in [3.8, 4) is 5.75 Å². The van der Waals surface area contributed by atoms with E-state index < -0.39 is 57.7 Å². The van der Waals surface area contributed by atoms with Gasteiger partial charge in [0, 0.05) is 43.3 Å². The van der Waals surface area contributed by atoms with Crippen LogP contribution in [0.5, 0.6) is 5.75 Å². The smallest absolute Gasteiger partial charge is 0.316 e. The maximum Gasteiger partial charge on any atom is 0.316 e. The van der Waals surface area contributed by atoms with Gasteiger partial charge in [0.2, 0.25) is 10.0 Å². The standard InChI is InChI=1S/C31H29Cl2N7O8S/c32-19-8-10-22(24(33)13-19)28-27(30(43)37-48-15-17-4-3-5-18(12-17)29(42)36-45)23-14-20(41)9-11-21(23)31(44)40(28)26-7-2-1-6-25(26)38-49(46,47)16-35-39-34/h3-5,8-14,25-28,38,41H,1-2,6-7,15-16H2,(H,37,43)/t25-,26-,27+,28-/m0/s1. The fourth-order valence-corrected chi connectivity index (χ4v) is 7.90. The van der Waals surface area contributed by atoms with Crippen molar-refractivity contribution in [1.82, 2.24) is 15.1 Å². The maximum atomic E-state index is 14.5. The van der Waals surface area contributed by atoms with E-state index in [0.29, 0.717) is 36.8 Å². The van der Waals surface area contributed by atoms with Crippen LogP contribution in [0.3, 0.4) is 0 Å². The zero-order chi connectivity index (χ0) is 35.3. The summed E-state index contributed by atoms with van der Waals surface area (Å²) in [5.41, 5.74) is 12.1. The number of nitroso groups, excluding NO2 is 1. The van der Waals surface area contributed by atoms with Gasteiger partial charge < -0.3 is 10.0 Å². The molecule has 256 valence electrons. The number of sulfonamides is 1. The summed E-state index contributed by atoms with van der Waals surface area (Å²) in [6.45, 7) is -0.224. The minimum atomic E-state index is -4.10. The molecule has 3 aromatic rings.